The lowest BCUT2D eigenvalue weighted by Crippen LogP contribution is -2.64. The summed E-state index contributed by atoms with van der Waals surface area (Å²) in [5.41, 5.74) is 2.06. The van der Waals surface area contributed by atoms with E-state index < -0.39 is 43.2 Å². The Labute approximate surface area is 136 Å². The van der Waals surface area contributed by atoms with Gasteiger partial charge in [0.2, 0.25) is 5.91 Å². The average molecular weight is 329 g/mol. The molecule has 5 atom stereocenters. The molecule has 1 rings (SSSR count). The van der Waals surface area contributed by atoms with E-state index in [0.717, 1.165) is 18.4 Å². The summed E-state index contributed by atoms with van der Waals surface area (Å²) in [5, 5.41) is 40.9. The van der Waals surface area contributed by atoms with Crippen molar-refractivity contribution in [1.29, 1.82) is 0 Å². The lowest BCUT2D eigenvalue weighted by atomic mass is 9.97. The van der Waals surface area contributed by atoms with Crippen molar-refractivity contribution < 1.29 is 30.0 Å². The van der Waals surface area contributed by atoms with Crippen molar-refractivity contribution in [2.24, 2.45) is 0 Å². The third-order valence-electron chi connectivity index (χ3n) is 3.68. The minimum absolute atomic E-state index is 0.485. The molecular weight excluding hydrogens is 302 g/mol. The van der Waals surface area contributed by atoms with Crippen molar-refractivity contribution in [1.82, 2.24) is 5.32 Å². The zero-order valence-corrected chi connectivity index (χ0v) is 13.8. The molecule has 1 heterocycles. The average Bonchev–Trinajstić information content (AvgIpc) is 2.46. The van der Waals surface area contributed by atoms with Gasteiger partial charge in [-0.1, -0.05) is 17.2 Å². The number of ether oxygens (including phenoxy) is 1. The fourth-order valence-corrected chi connectivity index (χ4v) is 2.34. The van der Waals surface area contributed by atoms with Gasteiger partial charge in [0.1, 0.15) is 24.4 Å². The van der Waals surface area contributed by atoms with Crippen LogP contribution in [-0.4, -0.2) is 63.6 Å². The molecule has 5 N–H and O–H groups in total. The van der Waals surface area contributed by atoms with Crippen molar-refractivity contribution in [3.63, 3.8) is 0 Å². The predicted molar refractivity (Wildman–Crippen MR) is 84.3 cm³/mol. The summed E-state index contributed by atoms with van der Waals surface area (Å²) in [4.78, 5) is 12.0. The van der Waals surface area contributed by atoms with E-state index >= 15 is 0 Å². The number of rotatable bonds is 6. The van der Waals surface area contributed by atoms with Crippen LogP contribution in [0.2, 0.25) is 0 Å². The van der Waals surface area contributed by atoms with Crippen molar-refractivity contribution >= 4 is 5.91 Å². The van der Waals surface area contributed by atoms with Crippen LogP contribution >= 0.6 is 0 Å². The molecule has 1 fully saturated rings. The zero-order valence-electron chi connectivity index (χ0n) is 13.8. The highest BCUT2D eigenvalue weighted by molar-refractivity contribution is 5.88. The molecule has 7 heteroatoms. The maximum atomic E-state index is 12.0. The van der Waals surface area contributed by atoms with Crippen LogP contribution in [0, 0.1) is 0 Å². The number of allylic oxidation sites excluding steroid dienone is 3. The normalized spacial score (nSPS) is 31.6. The van der Waals surface area contributed by atoms with Gasteiger partial charge in [-0.05, 0) is 33.6 Å². The Balaban J connectivity index is 2.60. The van der Waals surface area contributed by atoms with Gasteiger partial charge in [0.05, 0.1) is 6.61 Å². The van der Waals surface area contributed by atoms with Crippen LogP contribution in [-0.2, 0) is 9.53 Å². The lowest BCUT2D eigenvalue weighted by Gasteiger charge is -2.40. The van der Waals surface area contributed by atoms with E-state index in [1.807, 2.05) is 20.8 Å². The summed E-state index contributed by atoms with van der Waals surface area (Å²) in [6.07, 6.45) is -0.405. The molecule has 0 aromatic rings. The first-order valence-electron chi connectivity index (χ1n) is 7.67. The smallest absolute Gasteiger partial charge is 0.244 e. The zero-order chi connectivity index (χ0) is 17.6. The quantitative estimate of drug-likeness (QED) is 0.334. The molecule has 0 bridgehead atoms. The third kappa shape index (κ3) is 6.04. The molecular formula is C16H27NO6. The highest BCUT2D eigenvalue weighted by atomic mass is 16.6. The first kappa shape index (κ1) is 19.8. The highest BCUT2D eigenvalue weighted by Crippen LogP contribution is 2.19. The number of nitrogens with one attached hydrogen (secondary N) is 1. The molecule has 1 saturated heterocycles. The summed E-state index contributed by atoms with van der Waals surface area (Å²) in [5.74, 6) is -0.485. The molecule has 23 heavy (non-hydrogen) atoms. The Morgan fingerprint density at radius 3 is 2.39 bits per heavy atom. The van der Waals surface area contributed by atoms with E-state index in [1.165, 1.54) is 11.6 Å². The molecule has 0 radical (unpaired) electrons. The Bertz CT molecular complexity index is 457. The fraction of sp³-hybridized carbons (Fsp3) is 0.688. The maximum absolute atomic E-state index is 12.0. The molecule has 0 aliphatic carbocycles. The van der Waals surface area contributed by atoms with Crippen molar-refractivity contribution in [2.45, 2.75) is 64.3 Å². The second-order valence-electron chi connectivity index (χ2n) is 6.07. The number of aliphatic hydroxyl groups excluding tert-OH is 4. The highest BCUT2D eigenvalue weighted by Gasteiger charge is 2.44. The van der Waals surface area contributed by atoms with Crippen LogP contribution < -0.4 is 5.32 Å². The van der Waals surface area contributed by atoms with E-state index in [0.29, 0.717) is 0 Å². The summed E-state index contributed by atoms with van der Waals surface area (Å²) in [6.45, 7) is 5.28. The maximum Gasteiger partial charge on any atom is 0.244 e. The summed E-state index contributed by atoms with van der Waals surface area (Å²) in [6, 6.07) is -1.16. The van der Waals surface area contributed by atoms with Gasteiger partial charge in [-0.2, -0.15) is 0 Å². The van der Waals surface area contributed by atoms with E-state index in [4.69, 9.17) is 9.84 Å². The van der Waals surface area contributed by atoms with Crippen molar-refractivity contribution in [3.8, 4) is 0 Å². The molecule has 5 unspecified atom stereocenters. The van der Waals surface area contributed by atoms with E-state index in [2.05, 4.69) is 11.4 Å². The Morgan fingerprint density at radius 2 is 1.83 bits per heavy atom. The molecule has 1 aliphatic rings. The molecule has 1 amide bonds. The van der Waals surface area contributed by atoms with Gasteiger partial charge < -0.3 is 30.5 Å². The summed E-state index contributed by atoms with van der Waals surface area (Å²) in [7, 11) is 0. The van der Waals surface area contributed by atoms with E-state index in [9.17, 15) is 20.1 Å². The van der Waals surface area contributed by atoms with E-state index in [-0.39, 0.29) is 0 Å². The molecule has 132 valence electrons. The molecule has 0 aromatic carbocycles. The second kappa shape index (κ2) is 9.14. The Morgan fingerprint density at radius 1 is 1.17 bits per heavy atom. The predicted octanol–water partition coefficient (Wildman–Crippen LogP) is -0.405. The summed E-state index contributed by atoms with van der Waals surface area (Å²) >= 11 is 0. The minimum Gasteiger partial charge on any atom is -0.394 e. The van der Waals surface area contributed by atoms with Gasteiger partial charge >= 0.3 is 0 Å². The molecule has 0 aromatic heterocycles. The fourth-order valence-electron chi connectivity index (χ4n) is 2.34. The van der Waals surface area contributed by atoms with Gasteiger partial charge in [-0.25, -0.2) is 0 Å². The standard InChI is InChI=1S/C16H27NO6/c1-9(2)5-4-6-10(3)7-12(19)17-13-15(21)14(20)11(8-18)23-16(13)22/h5,7,11,13-16,18,20-22H,4,6,8H2,1-3H3,(H,17,19). The number of aliphatic hydroxyl groups is 4. The third-order valence-corrected chi connectivity index (χ3v) is 3.68. The molecule has 7 nitrogen and oxygen atoms in total. The molecule has 0 spiro atoms. The van der Waals surface area contributed by atoms with Gasteiger partial charge in [-0.3, -0.25) is 4.79 Å². The number of hydrogen-bond acceptors (Lipinski definition) is 6. The van der Waals surface area contributed by atoms with Crippen molar-refractivity contribution in [3.05, 3.63) is 23.3 Å². The number of amides is 1. The lowest BCUT2D eigenvalue weighted by molar-refractivity contribution is -0.253. The van der Waals surface area contributed by atoms with Crippen molar-refractivity contribution in [2.75, 3.05) is 6.61 Å². The Kier molecular flexibility index (Phi) is 7.87. The molecule has 1 aliphatic heterocycles. The van der Waals surface area contributed by atoms with E-state index in [1.54, 1.807) is 0 Å². The first-order valence-corrected chi connectivity index (χ1v) is 7.67. The van der Waals surface area contributed by atoms with Crippen LogP contribution in [0.3, 0.4) is 0 Å². The van der Waals surface area contributed by atoms with Gasteiger partial charge in [0.25, 0.3) is 0 Å². The SMILES string of the molecule is CC(C)=CCCC(C)=CC(=O)NC1C(O)OC(CO)C(O)C1O. The van der Waals surface area contributed by atoms with Crippen LogP contribution in [0.4, 0.5) is 0 Å². The summed E-state index contributed by atoms with van der Waals surface area (Å²) < 4.78 is 4.98. The number of carbonyl (C=O) groups is 1. The van der Waals surface area contributed by atoms with Crippen LogP contribution in [0.1, 0.15) is 33.6 Å². The first-order chi connectivity index (χ1) is 10.8. The van der Waals surface area contributed by atoms with Crippen LogP contribution in [0.5, 0.6) is 0 Å². The topological polar surface area (TPSA) is 119 Å². The van der Waals surface area contributed by atoms with Crippen LogP contribution in [0.15, 0.2) is 23.3 Å². The largest absolute Gasteiger partial charge is 0.394 e. The van der Waals surface area contributed by atoms with Gasteiger partial charge in [0, 0.05) is 6.08 Å². The van der Waals surface area contributed by atoms with Gasteiger partial charge in [-0.15, -0.1) is 0 Å². The van der Waals surface area contributed by atoms with Gasteiger partial charge in [0.15, 0.2) is 6.29 Å². The van der Waals surface area contributed by atoms with Crippen LogP contribution in [0.25, 0.3) is 0 Å². The minimum atomic E-state index is -1.51. The Hall–Kier alpha value is -1.25. The second-order valence-corrected chi connectivity index (χ2v) is 6.07. The number of carbonyl (C=O) groups excluding carboxylic acids is 1. The monoisotopic (exact) mass is 329 g/mol. The molecule has 0 saturated carbocycles. The number of hydrogen-bond donors (Lipinski definition) is 5.